The summed E-state index contributed by atoms with van der Waals surface area (Å²) >= 11 is 11.5. The van der Waals surface area contributed by atoms with E-state index in [1.807, 2.05) is 0 Å². The summed E-state index contributed by atoms with van der Waals surface area (Å²) in [6, 6.07) is 1.94. The van der Waals surface area contributed by atoms with Crippen LogP contribution in [-0.2, 0) is 6.18 Å². The second kappa shape index (κ2) is 4.23. The summed E-state index contributed by atoms with van der Waals surface area (Å²) in [7, 11) is 0. The predicted molar refractivity (Wildman–Crippen MR) is 57.0 cm³/mol. The van der Waals surface area contributed by atoms with Gasteiger partial charge < -0.3 is 4.42 Å². The molecule has 1 heterocycles. The van der Waals surface area contributed by atoms with Crippen LogP contribution < -0.4 is 0 Å². The highest BCUT2D eigenvalue weighted by Crippen LogP contribution is 2.43. The normalized spacial score (nSPS) is 11.8. The lowest BCUT2D eigenvalue weighted by molar-refractivity contribution is -0.137. The Morgan fingerprint density at radius 2 is 1.88 bits per heavy atom. The quantitative estimate of drug-likeness (QED) is 0.759. The fourth-order valence-corrected chi connectivity index (χ4v) is 1.78. The molecule has 2 aromatic rings. The number of rotatable bonds is 1. The van der Waals surface area contributed by atoms with Crippen molar-refractivity contribution < 1.29 is 17.6 Å². The molecule has 2 nitrogen and oxygen atoms in total. The van der Waals surface area contributed by atoms with Crippen LogP contribution >= 0.6 is 23.2 Å². The minimum absolute atomic E-state index is 0.0195. The van der Waals surface area contributed by atoms with E-state index >= 15 is 0 Å². The van der Waals surface area contributed by atoms with Gasteiger partial charge in [0.15, 0.2) is 12.2 Å². The number of aromatic nitrogens is 1. The molecule has 0 atom stereocenters. The summed E-state index contributed by atoms with van der Waals surface area (Å²) in [6.45, 7) is 0. The molecule has 0 aliphatic carbocycles. The number of halogens is 5. The molecular formula is C10H4Cl2F3NO. The zero-order valence-electron chi connectivity index (χ0n) is 8.05. The van der Waals surface area contributed by atoms with Gasteiger partial charge in [0.1, 0.15) is 0 Å². The molecule has 2 rings (SSSR count). The van der Waals surface area contributed by atoms with Gasteiger partial charge in [0.25, 0.3) is 0 Å². The van der Waals surface area contributed by atoms with Gasteiger partial charge in [-0.2, -0.15) is 13.2 Å². The van der Waals surface area contributed by atoms with Crippen LogP contribution in [-0.4, -0.2) is 4.98 Å². The lowest BCUT2D eigenvalue weighted by atomic mass is 10.1. The van der Waals surface area contributed by atoms with Gasteiger partial charge in [0.2, 0.25) is 0 Å². The zero-order chi connectivity index (χ0) is 12.6. The number of hydrogen-bond acceptors (Lipinski definition) is 2. The van der Waals surface area contributed by atoms with Crippen molar-refractivity contribution in [1.82, 2.24) is 4.98 Å². The highest BCUT2D eigenvalue weighted by molar-refractivity contribution is 6.43. The second-order valence-electron chi connectivity index (χ2n) is 3.15. The maximum Gasteiger partial charge on any atom is 0.417 e. The number of alkyl halides is 3. The molecule has 0 N–H and O–H groups in total. The monoisotopic (exact) mass is 281 g/mol. The largest absolute Gasteiger partial charge is 0.443 e. The van der Waals surface area contributed by atoms with Crippen molar-refractivity contribution in [3.63, 3.8) is 0 Å². The lowest BCUT2D eigenvalue weighted by Gasteiger charge is -2.13. The van der Waals surface area contributed by atoms with Crippen molar-refractivity contribution in [3.05, 3.63) is 40.3 Å². The molecule has 0 bridgehead atoms. The summed E-state index contributed by atoms with van der Waals surface area (Å²) in [6.07, 6.45) is -2.38. The van der Waals surface area contributed by atoms with Crippen LogP contribution in [0.2, 0.25) is 10.0 Å². The summed E-state index contributed by atoms with van der Waals surface area (Å²) in [5, 5.41) is -0.190. The predicted octanol–water partition coefficient (Wildman–Crippen LogP) is 4.67. The van der Waals surface area contributed by atoms with Crippen molar-refractivity contribution in [1.29, 1.82) is 0 Å². The molecule has 1 aromatic heterocycles. The third kappa shape index (κ3) is 2.25. The SMILES string of the molecule is FC(F)(F)c1ccc(Cl)c(Cl)c1-c1cnco1. The van der Waals surface area contributed by atoms with Gasteiger partial charge in [0.05, 0.1) is 27.4 Å². The first-order valence-electron chi connectivity index (χ1n) is 4.35. The molecular weight excluding hydrogens is 278 g/mol. The summed E-state index contributed by atoms with van der Waals surface area (Å²) in [5.41, 5.74) is -1.21. The molecule has 0 saturated carbocycles. The van der Waals surface area contributed by atoms with Gasteiger partial charge in [-0.25, -0.2) is 4.98 Å². The van der Waals surface area contributed by atoms with Crippen molar-refractivity contribution in [2.45, 2.75) is 6.18 Å². The van der Waals surface area contributed by atoms with Gasteiger partial charge in [-0.1, -0.05) is 23.2 Å². The van der Waals surface area contributed by atoms with E-state index in [4.69, 9.17) is 27.6 Å². The first kappa shape index (κ1) is 12.3. The van der Waals surface area contributed by atoms with E-state index in [0.29, 0.717) is 0 Å². The minimum atomic E-state index is -4.55. The summed E-state index contributed by atoms with van der Waals surface area (Å²) in [4.78, 5) is 3.56. The van der Waals surface area contributed by atoms with E-state index in [-0.39, 0.29) is 21.4 Å². The van der Waals surface area contributed by atoms with Gasteiger partial charge in [0, 0.05) is 0 Å². The number of oxazole rings is 1. The van der Waals surface area contributed by atoms with Gasteiger partial charge in [-0.3, -0.25) is 0 Å². The van der Waals surface area contributed by atoms with Crippen LogP contribution in [0.5, 0.6) is 0 Å². The van der Waals surface area contributed by atoms with E-state index in [1.165, 1.54) is 0 Å². The average molecular weight is 282 g/mol. The lowest BCUT2D eigenvalue weighted by Crippen LogP contribution is -2.07. The highest BCUT2D eigenvalue weighted by atomic mass is 35.5. The van der Waals surface area contributed by atoms with E-state index in [2.05, 4.69) is 4.98 Å². The molecule has 7 heteroatoms. The number of hydrogen-bond donors (Lipinski definition) is 0. The van der Waals surface area contributed by atoms with E-state index in [1.54, 1.807) is 0 Å². The zero-order valence-corrected chi connectivity index (χ0v) is 9.57. The maximum atomic E-state index is 12.8. The molecule has 0 aliphatic rings. The second-order valence-corrected chi connectivity index (χ2v) is 3.93. The highest BCUT2D eigenvalue weighted by Gasteiger charge is 2.36. The van der Waals surface area contributed by atoms with Crippen molar-refractivity contribution >= 4 is 23.2 Å². The Morgan fingerprint density at radius 1 is 1.18 bits per heavy atom. The molecule has 0 spiro atoms. The third-order valence-corrected chi connectivity index (χ3v) is 2.88. The van der Waals surface area contributed by atoms with Crippen molar-refractivity contribution in [2.24, 2.45) is 0 Å². The maximum absolute atomic E-state index is 12.8. The topological polar surface area (TPSA) is 26.0 Å². The Labute approximate surface area is 104 Å². The summed E-state index contributed by atoms with van der Waals surface area (Å²) < 4.78 is 43.2. The van der Waals surface area contributed by atoms with E-state index in [0.717, 1.165) is 24.7 Å². The molecule has 0 saturated heterocycles. The van der Waals surface area contributed by atoms with Gasteiger partial charge in [-0.05, 0) is 12.1 Å². The van der Waals surface area contributed by atoms with Crippen molar-refractivity contribution in [2.75, 3.05) is 0 Å². The fraction of sp³-hybridized carbons (Fsp3) is 0.100. The Hall–Kier alpha value is -1.20. The molecule has 90 valence electrons. The number of nitrogens with zero attached hydrogens (tertiary/aromatic N) is 1. The standard InChI is InChI=1S/C10H4Cl2F3NO/c11-6-2-1-5(10(13,14)15)8(9(6)12)7-3-16-4-17-7/h1-4H. The van der Waals surface area contributed by atoms with E-state index < -0.39 is 11.7 Å². The number of benzene rings is 1. The van der Waals surface area contributed by atoms with Crippen LogP contribution in [0, 0.1) is 0 Å². The first-order chi connectivity index (χ1) is 7.91. The van der Waals surface area contributed by atoms with Crippen LogP contribution in [0.25, 0.3) is 11.3 Å². The molecule has 1 aromatic carbocycles. The van der Waals surface area contributed by atoms with Gasteiger partial charge >= 0.3 is 6.18 Å². The molecule has 0 fully saturated rings. The third-order valence-electron chi connectivity index (χ3n) is 2.08. The Balaban J connectivity index is 2.74. The Morgan fingerprint density at radius 3 is 2.41 bits per heavy atom. The molecule has 0 radical (unpaired) electrons. The smallest absolute Gasteiger partial charge is 0.417 e. The van der Waals surface area contributed by atoms with Gasteiger partial charge in [-0.15, -0.1) is 0 Å². The van der Waals surface area contributed by atoms with Crippen LogP contribution in [0.4, 0.5) is 13.2 Å². The first-order valence-corrected chi connectivity index (χ1v) is 5.11. The van der Waals surface area contributed by atoms with Crippen molar-refractivity contribution in [3.8, 4) is 11.3 Å². The Bertz CT molecular complexity index is 537. The fourth-order valence-electron chi connectivity index (χ4n) is 1.37. The molecule has 0 unspecified atom stereocenters. The summed E-state index contributed by atoms with van der Waals surface area (Å²) in [5.74, 6) is -0.0789. The van der Waals surface area contributed by atoms with Crippen LogP contribution in [0.15, 0.2) is 29.1 Å². The average Bonchev–Trinajstić information content (AvgIpc) is 2.73. The van der Waals surface area contributed by atoms with Crippen LogP contribution in [0.1, 0.15) is 5.56 Å². The van der Waals surface area contributed by atoms with E-state index in [9.17, 15) is 13.2 Å². The molecule has 0 amide bonds. The minimum Gasteiger partial charge on any atom is -0.443 e. The Kier molecular flexibility index (Phi) is 3.05. The van der Waals surface area contributed by atoms with Crippen LogP contribution in [0.3, 0.4) is 0 Å². The molecule has 0 aliphatic heterocycles. The molecule has 17 heavy (non-hydrogen) atoms.